The third-order valence-electron chi connectivity index (χ3n) is 4.09. The van der Waals surface area contributed by atoms with Crippen LogP contribution in [0.4, 0.5) is 0 Å². The molecular weight excluding hydrogens is 318 g/mol. The summed E-state index contributed by atoms with van der Waals surface area (Å²) in [5.41, 5.74) is 2.66. The number of ether oxygens (including phenoxy) is 1. The predicted octanol–water partition coefficient (Wildman–Crippen LogP) is 1.43. The zero-order valence-corrected chi connectivity index (χ0v) is 14.1. The standard InChI is InChI=1S/C19H21N3O3/c1-14-6-5-9-16(21-14)10-20-19(24)17-12-25-13-18(23)22(17)11-15-7-3-2-4-8-15/h2-9,17H,10-13H2,1H3,(H,20,24). The van der Waals surface area contributed by atoms with Crippen molar-refractivity contribution in [3.8, 4) is 0 Å². The summed E-state index contributed by atoms with van der Waals surface area (Å²) in [7, 11) is 0. The van der Waals surface area contributed by atoms with Crippen LogP contribution in [0.2, 0.25) is 0 Å². The molecule has 0 spiro atoms. The van der Waals surface area contributed by atoms with Crippen molar-refractivity contribution in [3.05, 3.63) is 65.5 Å². The van der Waals surface area contributed by atoms with Gasteiger partial charge in [-0.15, -0.1) is 0 Å². The van der Waals surface area contributed by atoms with Gasteiger partial charge in [-0.3, -0.25) is 14.6 Å². The lowest BCUT2D eigenvalue weighted by Gasteiger charge is -2.34. The van der Waals surface area contributed by atoms with Crippen molar-refractivity contribution < 1.29 is 14.3 Å². The number of carbonyl (C=O) groups is 2. The summed E-state index contributed by atoms with van der Waals surface area (Å²) >= 11 is 0. The Bertz CT molecular complexity index is 749. The van der Waals surface area contributed by atoms with Gasteiger partial charge >= 0.3 is 0 Å². The molecule has 1 aliphatic rings. The molecule has 6 nitrogen and oxygen atoms in total. The van der Waals surface area contributed by atoms with Gasteiger partial charge in [0.05, 0.1) is 18.8 Å². The van der Waals surface area contributed by atoms with Crippen LogP contribution in [0.5, 0.6) is 0 Å². The minimum absolute atomic E-state index is 0.00997. The summed E-state index contributed by atoms with van der Waals surface area (Å²) in [6.45, 7) is 2.83. The van der Waals surface area contributed by atoms with E-state index in [1.807, 2.05) is 55.5 Å². The van der Waals surface area contributed by atoms with Crippen molar-refractivity contribution in [1.82, 2.24) is 15.2 Å². The molecule has 2 amide bonds. The molecule has 1 aromatic heterocycles. The Morgan fingerprint density at radius 3 is 2.80 bits per heavy atom. The lowest BCUT2D eigenvalue weighted by Crippen LogP contribution is -2.55. The molecule has 6 heteroatoms. The van der Waals surface area contributed by atoms with Crippen molar-refractivity contribution in [1.29, 1.82) is 0 Å². The largest absolute Gasteiger partial charge is 0.369 e. The molecule has 1 N–H and O–H groups in total. The van der Waals surface area contributed by atoms with Crippen LogP contribution in [0.1, 0.15) is 17.0 Å². The number of rotatable bonds is 5. The molecular formula is C19H21N3O3. The van der Waals surface area contributed by atoms with Crippen molar-refractivity contribution in [2.75, 3.05) is 13.2 Å². The second kappa shape index (κ2) is 7.90. The smallest absolute Gasteiger partial charge is 0.249 e. The van der Waals surface area contributed by atoms with E-state index in [1.165, 1.54) is 0 Å². The minimum atomic E-state index is -0.633. The van der Waals surface area contributed by atoms with E-state index in [9.17, 15) is 9.59 Å². The number of nitrogens with one attached hydrogen (secondary N) is 1. The summed E-state index contributed by atoms with van der Waals surface area (Å²) in [6, 6.07) is 14.7. The van der Waals surface area contributed by atoms with Gasteiger partial charge in [-0.25, -0.2) is 0 Å². The predicted molar refractivity (Wildman–Crippen MR) is 92.4 cm³/mol. The van der Waals surface area contributed by atoms with E-state index >= 15 is 0 Å². The van der Waals surface area contributed by atoms with E-state index in [1.54, 1.807) is 4.90 Å². The Kier molecular flexibility index (Phi) is 5.40. The molecule has 1 aliphatic heterocycles. The summed E-state index contributed by atoms with van der Waals surface area (Å²) in [6.07, 6.45) is 0. The summed E-state index contributed by atoms with van der Waals surface area (Å²) in [5.74, 6) is -0.406. The highest BCUT2D eigenvalue weighted by atomic mass is 16.5. The molecule has 130 valence electrons. The van der Waals surface area contributed by atoms with Crippen LogP contribution in [-0.2, 0) is 27.4 Å². The maximum Gasteiger partial charge on any atom is 0.249 e. The number of aromatic nitrogens is 1. The van der Waals surface area contributed by atoms with Crippen molar-refractivity contribution in [2.45, 2.75) is 26.1 Å². The van der Waals surface area contributed by atoms with Gasteiger partial charge < -0.3 is 15.0 Å². The van der Waals surface area contributed by atoms with E-state index in [-0.39, 0.29) is 25.0 Å². The fourth-order valence-electron chi connectivity index (χ4n) is 2.79. The van der Waals surface area contributed by atoms with Crippen molar-refractivity contribution in [2.24, 2.45) is 0 Å². The van der Waals surface area contributed by atoms with Gasteiger partial charge in [-0.05, 0) is 24.6 Å². The van der Waals surface area contributed by atoms with Crippen LogP contribution in [0.25, 0.3) is 0 Å². The minimum Gasteiger partial charge on any atom is -0.369 e. The third kappa shape index (κ3) is 4.42. The average Bonchev–Trinajstić information content (AvgIpc) is 2.62. The van der Waals surface area contributed by atoms with E-state index in [0.717, 1.165) is 17.0 Å². The zero-order chi connectivity index (χ0) is 17.6. The maximum absolute atomic E-state index is 12.6. The van der Waals surface area contributed by atoms with Crippen molar-refractivity contribution in [3.63, 3.8) is 0 Å². The van der Waals surface area contributed by atoms with E-state index < -0.39 is 6.04 Å². The number of aryl methyl sites for hydroxylation is 1. The van der Waals surface area contributed by atoms with Gasteiger partial charge in [-0.1, -0.05) is 36.4 Å². The first-order valence-corrected chi connectivity index (χ1v) is 8.25. The lowest BCUT2D eigenvalue weighted by molar-refractivity contribution is -0.155. The van der Waals surface area contributed by atoms with Crippen LogP contribution >= 0.6 is 0 Å². The van der Waals surface area contributed by atoms with Crippen LogP contribution < -0.4 is 5.32 Å². The SMILES string of the molecule is Cc1cccc(CNC(=O)C2COCC(=O)N2Cc2ccccc2)n1. The third-order valence-corrected chi connectivity index (χ3v) is 4.09. The molecule has 25 heavy (non-hydrogen) atoms. The average molecular weight is 339 g/mol. The molecule has 2 heterocycles. The monoisotopic (exact) mass is 339 g/mol. The highest BCUT2D eigenvalue weighted by Gasteiger charge is 2.33. The Morgan fingerprint density at radius 1 is 1.24 bits per heavy atom. The highest BCUT2D eigenvalue weighted by molar-refractivity contribution is 5.89. The zero-order valence-electron chi connectivity index (χ0n) is 14.1. The van der Waals surface area contributed by atoms with Gasteiger partial charge in [0, 0.05) is 12.2 Å². The Morgan fingerprint density at radius 2 is 2.04 bits per heavy atom. The van der Waals surface area contributed by atoms with E-state index in [2.05, 4.69) is 10.3 Å². The number of amides is 2. The van der Waals surface area contributed by atoms with Crippen LogP contribution in [0.3, 0.4) is 0 Å². The molecule has 0 saturated carbocycles. The number of hydrogen-bond acceptors (Lipinski definition) is 4. The van der Waals surface area contributed by atoms with Crippen molar-refractivity contribution >= 4 is 11.8 Å². The van der Waals surface area contributed by atoms with Gasteiger partial charge in [0.1, 0.15) is 12.6 Å². The first kappa shape index (κ1) is 17.1. The molecule has 0 bridgehead atoms. The quantitative estimate of drug-likeness (QED) is 0.895. The first-order valence-electron chi connectivity index (χ1n) is 8.25. The topological polar surface area (TPSA) is 71.5 Å². The molecule has 1 saturated heterocycles. The molecule has 1 unspecified atom stereocenters. The number of pyridine rings is 1. The molecule has 0 aliphatic carbocycles. The Labute approximate surface area is 146 Å². The van der Waals surface area contributed by atoms with Gasteiger partial charge in [-0.2, -0.15) is 0 Å². The fourth-order valence-corrected chi connectivity index (χ4v) is 2.79. The number of benzene rings is 1. The Balaban J connectivity index is 1.67. The second-order valence-electron chi connectivity index (χ2n) is 6.03. The van der Waals surface area contributed by atoms with Crippen LogP contribution in [0, 0.1) is 6.92 Å². The molecule has 3 rings (SSSR count). The number of nitrogens with zero attached hydrogens (tertiary/aromatic N) is 2. The maximum atomic E-state index is 12.6. The molecule has 2 aromatic rings. The number of hydrogen-bond donors (Lipinski definition) is 1. The molecule has 1 fully saturated rings. The van der Waals surface area contributed by atoms with Gasteiger partial charge in [0.25, 0.3) is 0 Å². The number of morpholine rings is 1. The molecule has 1 atom stereocenters. The molecule has 0 radical (unpaired) electrons. The molecule has 1 aromatic carbocycles. The summed E-state index contributed by atoms with van der Waals surface area (Å²) in [4.78, 5) is 30.8. The lowest BCUT2D eigenvalue weighted by atomic mass is 10.1. The highest BCUT2D eigenvalue weighted by Crippen LogP contribution is 2.14. The Hall–Kier alpha value is -2.73. The van der Waals surface area contributed by atoms with E-state index in [4.69, 9.17) is 4.74 Å². The van der Waals surface area contributed by atoms with Gasteiger partial charge in [0.2, 0.25) is 11.8 Å². The fraction of sp³-hybridized carbons (Fsp3) is 0.316. The summed E-state index contributed by atoms with van der Waals surface area (Å²) < 4.78 is 5.29. The second-order valence-corrected chi connectivity index (χ2v) is 6.03. The normalized spacial score (nSPS) is 17.4. The van der Waals surface area contributed by atoms with Crippen LogP contribution in [0.15, 0.2) is 48.5 Å². The van der Waals surface area contributed by atoms with Crippen LogP contribution in [-0.4, -0.2) is 41.0 Å². The van der Waals surface area contributed by atoms with E-state index in [0.29, 0.717) is 13.1 Å². The van der Waals surface area contributed by atoms with Gasteiger partial charge in [0.15, 0.2) is 0 Å². The summed E-state index contributed by atoms with van der Waals surface area (Å²) in [5, 5.41) is 2.86. The first-order chi connectivity index (χ1) is 12.1. The number of carbonyl (C=O) groups excluding carboxylic acids is 2.